The second-order valence-electron chi connectivity index (χ2n) is 8.19. The Morgan fingerprint density at radius 1 is 1.28 bits per heavy atom. The molecule has 0 bridgehead atoms. The predicted octanol–water partition coefficient (Wildman–Crippen LogP) is 4.88. The van der Waals surface area contributed by atoms with E-state index in [-0.39, 0.29) is 24.0 Å². The summed E-state index contributed by atoms with van der Waals surface area (Å²) in [4.78, 5) is 31.7. The summed E-state index contributed by atoms with van der Waals surface area (Å²) in [7, 11) is 0. The first kappa shape index (κ1) is 24.8. The maximum atomic E-state index is 13.0. The zero-order valence-corrected chi connectivity index (χ0v) is 21.0. The molecule has 2 aliphatic heterocycles. The van der Waals surface area contributed by atoms with E-state index in [2.05, 4.69) is 4.99 Å². The smallest absolute Gasteiger partial charge is 0.455 e. The summed E-state index contributed by atoms with van der Waals surface area (Å²) in [5.74, 6) is -1.27. The van der Waals surface area contributed by atoms with Crippen LogP contribution in [0.2, 0.25) is 0 Å². The highest BCUT2D eigenvalue weighted by atomic mass is 35.7. The van der Waals surface area contributed by atoms with Gasteiger partial charge in [-0.1, -0.05) is 42.1 Å². The highest BCUT2D eigenvalue weighted by Crippen LogP contribution is 2.56. The molecular weight excluding hydrogens is 475 g/mol. The van der Waals surface area contributed by atoms with Gasteiger partial charge in [-0.3, -0.25) is 19.2 Å². The van der Waals surface area contributed by atoms with Gasteiger partial charge in [0.15, 0.2) is 11.7 Å². The molecular formula is C21H26ClN2O6PS. The predicted molar refractivity (Wildman–Crippen MR) is 124 cm³/mol. The van der Waals surface area contributed by atoms with Crippen LogP contribution in [0.1, 0.15) is 40.2 Å². The summed E-state index contributed by atoms with van der Waals surface area (Å²) in [5.41, 5.74) is 0.0925. The molecule has 3 unspecified atom stereocenters. The van der Waals surface area contributed by atoms with Gasteiger partial charge in [0.25, 0.3) is 5.91 Å². The van der Waals surface area contributed by atoms with Crippen molar-refractivity contribution >= 4 is 46.9 Å². The molecule has 1 aromatic rings. The largest absolute Gasteiger partial charge is 0.476 e. The Bertz CT molecular complexity index is 1010. The number of allylic oxidation sites excluding steroid dienone is 1. The normalized spacial score (nSPS) is 22.9. The van der Waals surface area contributed by atoms with Crippen molar-refractivity contribution < 1.29 is 27.9 Å². The van der Waals surface area contributed by atoms with E-state index < -0.39 is 29.9 Å². The lowest BCUT2D eigenvalue weighted by Gasteiger charge is -2.42. The van der Waals surface area contributed by atoms with Crippen molar-refractivity contribution in [3.05, 3.63) is 47.4 Å². The maximum absolute atomic E-state index is 13.0. The molecule has 2 heterocycles. The van der Waals surface area contributed by atoms with Gasteiger partial charge in [-0.05, 0) is 40.2 Å². The maximum Gasteiger partial charge on any atom is 0.476 e. The van der Waals surface area contributed by atoms with Gasteiger partial charge in [-0.15, -0.1) is 0 Å². The molecule has 1 saturated heterocycles. The van der Waals surface area contributed by atoms with E-state index in [1.165, 1.54) is 23.6 Å². The summed E-state index contributed by atoms with van der Waals surface area (Å²) >= 11 is 7.23. The van der Waals surface area contributed by atoms with Crippen LogP contribution in [0.4, 0.5) is 0 Å². The molecule has 8 nitrogen and oxygen atoms in total. The fourth-order valence-corrected chi connectivity index (χ4v) is 5.93. The Morgan fingerprint density at radius 3 is 2.53 bits per heavy atom. The first-order chi connectivity index (χ1) is 14.9. The van der Waals surface area contributed by atoms with E-state index in [9.17, 15) is 14.2 Å². The third-order valence-electron chi connectivity index (χ3n) is 4.45. The first-order valence-corrected chi connectivity index (χ1v) is 13.4. The minimum Gasteiger partial charge on any atom is -0.455 e. The zero-order chi connectivity index (χ0) is 23.7. The third-order valence-corrected chi connectivity index (χ3v) is 7.24. The van der Waals surface area contributed by atoms with Crippen molar-refractivity contribution in [2.75, 3.05) is 6.61 Å². The quantitative estimate of drug-likeness (QED) is 0.165. The number of rotatable bonds is 8. The van der Waals surface area contributed by atoms with Crippen molar-refractivity contribution in [2.24, 2.45) is 4.99 Å². The lowest BCUT2D eigenvalue weighted by molar-refractivity contribution is -0.158. The number of β-lactam (4-membered cyclic amide) rings is 1. The van der Waals surface area contributed by atoms with E-state index >= 15 is 0 Å². The summed E-state index contributed by atoms with van der Waals surface area (Å²) in [6, 6.07) is 9.18. The molecule has 32 heavy (non-hydrogen) atoms. The average molecular weight is 501 g/mol. The number of carbonyl (C=O) groups excluding carboxylic acids is 2. The summed E-state index contributed by atoms with van der Waals surface area (Å²) < 4.78 is 28.0. The van der Waals surface area contributed by atoms with Gasteiger partial charge in [-0.25, -0.2) is 9.36 Å². The summed E-state index contributed by atoms with van der Waals surface area (Å²) in [5, 5.41) is 0.366. The molecule has 0 N–H and O–H groups in total. The summed E-state index contributed by atoms with van der Waals surface area (Å²) in [6.45, 7) is 4.19. The van der Waals surface area contributed by atoms with Gasteiger partial charge >= 0.3 is 12.9 Å². The van der Waals surface area contributed by atoms with E-state index in [0.29, 0.717) is 6.42 Å². The number of halogens is 1. The molecule has 3 atom stereocenters. The van der Waals surface area contributed by atoms with Gasteiger partial charge in [0.1, 0.15) is 16.7 Å². The van der Waals surface area contributed by atoms with Crippen molar-refractivity contribution in [3.8, 4) is 0 Å². The van der Waals surface area contributed by atoms with Crippen LogP contribution in [0.5, 0.6) is 0 Å². The number of amides is 1. The average Bonchev–Trinajstić information content (AvgIpc) is 3.03. The highest BCUT2D eigenvalue weighted by molar-refractivity contribution is 8.14. The number of esters is 1. The van der Waals surface area contributed by atoms with Crippen molar-refractivity contribution in [2.45, 2.75) is 58.1 Å². The third kappa shape index (κ3) is 5.76. The van der Waals surface area contributed by atoms with Crippen molar-refractivity contribution in [1.29, 1.82) is 0 Å². The van der Waals surface area contributed by atoms with Gasteiger partial charge < -0.3 is 9.26 Å². The molecule has 1 aromatic carbocycles. The van der Waals surface area contributed by atoms with Crippen LogP contribution < -0.4 is 0 Å². The molecule has 1 fully saturated rings. The molecule has 0 aliphatic carbocycles. The molecule has 0 radical (unpaired) electrons. The van der Waals surface area contributed by atoms with Crippen LogP contribution in [-0.4, -0.2) is 45.4 Å². The number of benzene rings is 1. The highest BCUT2D eigenvalue weighted by Gasteiger charge is 2.56. The fourth-order valence-electron chi connectivity index (χ4n) is 3.23. The van der Waals surface area contributed by atoms with Crippen LogP contribution in [0.25, 0.3) is 0 Å². The molecule has 2 aliphatic rings. The number of nitrogens with zero attached hydrogens (tertiary/aromatic N) is 2. The monoisotopic (exact) mass is 500 g/mol. The lowest BCUT2D eigenvalue weighted by Crippen LogP contribution is -2.61. The SMILES string of the molecule is CCOP(=O)(Cl)OC(C)=C(C(=O)OC(C)(C)C)N1C(=O)C2N=C(Cc3ccccc3)SC21. The first-order valence-electron chi connectivity index (χ1n) is 10.1. The number of hydrogen-bond acceptors (Lipinski definition) is 8. The second kappa shape index (κ2) is 9.59. The van der Waals surface area contributed by atoms with Gasteiger partial charge in [0.05, 0.1) is 11.7 Å². The van der Waals surface area contributed by atoms with E-state index in [1.807, 2.05) is 30.3 Å². The Balaban J connectivity index is 1.86. The number of likely N-dealkylation sites (tertiary alicyclic amines) is 1. The van der Waals surface area contributed by atoms with Crippen molar-refractivity contribution in [1.82, 2.24) is 4.90 Å². The van der Waals surface area contributed by atoms with Gasteiger partial charge in [-0.2, -0.15) is 0 Å². The van der Waals surface area contributed by atoms with E-state index in [0.717, 1.165) is 10.6 Å². The topological polar surface area (TPSA) is 94.5 Å². The van der Waals surface area contributed by atoms with Gasteiger partial charge in [0.2, 0.25) is 0 Å². The summed E-state index contributed by atoms with van der Waals surface area (Å²) in [6.07, 6.45) is 0.585. The number of hydrogen-bond donors (Lipinski definition) is 0. The molecule has 174 valence electrons. The standard InChI is InChI=1S/C21H26ClN2O6PS/c1-6-28-31(22,27)30-13(2)17(20(26)29-21(3,4)5)24-18(25)16-19(24)32-15(23-16)12-14-10-8-7-9-11-14/h7-11,16,19H,6,12H2,1-5H3. The zero-order valence-electron chi connectivity index (χ0n) is 18.5. The number of aliphatic imine (C=N–C) groups is 1. The number of fused-ring (bicyclic) bond motifs is 1. The van der Waals surface area contributed by atoms with Crippen LogP contribution >= 0.6 is 30.0 Å². The van der Waals surface area contributed by atoms with Crippen LogP contribution in [0.15, 0.2) is 46.8 Å². The number of carbonyl (C=O) groups is 2. The molecule has 0 saturated carbocycles. The molecule has 0 spiro atoms. The minimum atomic E-state index is -3.99. The van der Waals surface area contributed by atoms with Crippen LogP contribution in [0, 0.1) is 0 Å². The molecule has 1 amide bonds. The van der Waals surface area contributed by atoms with Crippen LogP contribution in [-0.2, 0) is 34.4 Å². The van der Waals surface area contributed by atoms with E-state index in [4.69, 9.17) is 25.0 Å². The molecule has 3 rings (SSSR count). The van der Waals surface area contributed by atoms with Gasteiger partial charge in [0, 0.05) is 17.7 Å². The number of ether oxygens (including phenoxy) is 1. The fraction of sp³-hybridized carbons (Fsp3) is 0.476. The number of thioether (sulfide) groups is 1. The van der Waals surface area contributed by atoms with E-state index in [1.54, 1.807) is 27.7 Å². The second-order valence-corrected chi connectivity index (χ2v) is 11.9. The Morgan fingerprint density at radius 2 is 1.94 bits per heavy atom. The lowest BCUT2D eigenvalue weighted by atomic mass is 10.1. The Hall–Kier alpha value is -1.80. The minimum absolute atomic E-state index is 0.0513. The van der Waals surface area contributed by atoms with Crippen molar-refractivity contribution in [3.63, 3.8) is 0 Å². The Labute approximate surface area is 196 Å². The molecule has 0 aromatic heterocycles. The Kier molecular flexibility index (Phi) is 7.44. The molecule has 11 heteroatoms. The van der Waals surface area contributed by atoms with Crippen LogP contribution in [0.3, 0.4) is 0 Å².